The molecule has 0 amide bonds. The van der Waals surface area contributed by atoms with Gasteiger partial charge in [0, 0.05) is 6.54 Å². The number of aliphatic hydroxyl groups is 1. The monoisotopic (exact) mass is 219 g/mol. The number of hydrogen-bond donors (Lipinski definition) is 2. The van der Waals surface area contributed by atoms with Crippen LogP contribution >= 0.6 is 0 Å². The summed E-state index contributed by atoms with van der Waals surface area (Å²) in [7, 11) is 0. The number of nitrogens with one attached hydrogen (secondary N) is 1. The highest BCUT2D eigenvalue weighted by Gasteiger charge is 2.19. The molecule has 0 aromatic heterocycles. The number of hydrogen-bond acceptors (Lipinski definition) is 2. The van der Waals surface area contributed by atoms with Crippen molar-refractivity contribution < 1.29 is 5.11 Å². The maximum Gasteiger partial charge on any atom is 0.0543 e. The van der Waals surface area contributed by atoms with Crippen molar-refractivity contribution in [1.29, 1.82) is 0 Å². The highest BCUT2D eigenvalue weighted by molar-refractivity contribution is 5.14. The molecule has 0 spiro atoms. The summed E-state index contributed by atoms with van der Waals surface area (Å²) in [4.78, 5) is 0. The Hall–Kier alpha value is -0.860. The van der Waals surface area contributed by atoms with E-state index in [-0.39, 0.29) is 6.10 Å². The number of rotatable bonds is 4. The Morgan fingerprint density at radius 3 is 2.75 bits per heavy atom. The molecule has 1 aromatic carbocycles. The zero-order valence-electron chi connectivity index (χ0n) is 9.73. The summed E-state index contributed by atoms with van der Waals surface area (Å²) in [5.74, 6) is 0.660. The highest BCUT2D eigenvalue weighted by Crippen LogP contribution is 2.23. The molecule has 1 fully saturated rings. The van der Waals surface area contributed by atoms with Crippen LogP contribution in [-0.4, -0.2) is 17.8 Å². The molecule has 0 heterocycles. The van der Waals surface area contributed by atoms with Crippen LogP contribution in [0, 0.1) is 5.92 Å². The second-order valence-electron chi connectivity index (χ2n) is 4.80. The van der Waals surface area contributed by atoms with Gasteiger partial charge in [-0.05, 0) is 37.3 Å². The fraction of sp³-hybridized carbons (Fsp3) is 0.571. The van der Waals surface area contributed by atoms with Crippen LogP contribution in [0.2, 0.25) is 0 Å². The summed E-state index contributed by atoms with van der Waals surface area (Å²) in [6.45, 7) is 1.97. The molecule has 2 unspecified atom stereocenters. The summed E-state index contributed by atoms with van der Waals surface area (Å²) >= 11 is 0. The third-order valence-electron chi connectivity index (χ3n) is 3.36. The second-order valence-corrected chi connectivity index (χ2v) is 4.80. The predicted molar refractivity (Wildman–Crippen MR) is 66.1 cm³/mol. The third kappa shape index (κ3) is 3.62. The lowest BCUT2D eigenvalue weighted by Gasteiger charge is -2.26. The number of benzene rings is 1. The van der Waals surface area contributed by atoms with E-state index in [0.29, 0.717) is 5.92 Å². The molecule has 88 valence electrons. The van der Waals surface area contributed by atoms with E-state index in [0.717, 1.165) is 25.9 Å². The molecule has 0 saturated heterocycles. The average Bonchev–Trinajstić information content (AvgIpc) is 2.30. The maximum absolute atomic E-state index is 9.57. The predicted octanol–water partition coefficient (Wildman–Crippen LogP) is 2.33. The van der Waals surface area contributed by atoms with Gasteiger partial charge in [0.05, 0.1) is 6.10 Å². The van der Waals surface area contributed by atoms with E-state index < -0.39 is 0 Å². The Balaban J connectivity index is 1.68. The zero-order chi connectivity index (χ0) is 11.2. The van der Waals surface area contributed by atoms with Gasteiger partial charge in [-0.2, -0.15) is 0 Å². The lowest BCUT2D eigenvalue weighted by molar-refractivity contribution is 0.101. The normalized spacial score (nSPS) is 25.6. The van der Waals surface area contributed by atoms with Crippen LogP contribution in [0.15, 0.2) is 30.3 Å². The maximum atomic E-state index is 9.57. The molecule has 1 aromatic rings. The Bertz CT molecular complexity index is 299. The molecule has 0 bridgehead atoms. The molecule has 2 heteroatoms. The van der Waals surface area contributed by atoms with Crippen LogP contribution in [-0.2, 0) is 6.54 Å². The van der Waals surface area contributed by atoms with Crippen molar-refractivity contribution in [3.8, 4) is 0 Å². The van der Waals surface area contributed by atoms with Crippen molar-refractivity contribution in [2.24, 2.45) is 5.92 Å². The smallest absolute Gasteiger partial charge is 0.0543 e. The lowest BCUT2D eigenvalue weighted by atomic mass is 9.87. The van der Waals surface area contributed by atoms with Crippen molar-refractivity contribution in [3.63, 3.8) is 0 Å². The summed E-state index contributed by atoms with van der Waals surface area (Å²) in [5.41, 5.74) is 1.33. The first-order chi connectivity index (χ1) is 7.84. The largest absolute Gasteiger partial charge is 0.393 e. The van der Waals surface area contributed by atoms with Gasteiger partial charge >= 0.3 is 0 Å². The Morgan fingerprint density at radius 1 is 1.19 bits per heavy atom. The van der Waals surface area contributed by atoms with Crippen molar-refractivity contribution in [2.45, 2.75) is 38.3 Å². The van der Waals surface area contributed by atoms with E-state index in [2.05, 4.69) is 29.6 Å². The van der Waals surface area contributed by atoms with Gasteiger partial charge in [0.2, 0.25) is 0 Å². The van der Waals surface area contributed by atoms with Gasteiger partial charge in [-0.3, -0.25) is 0 Å². The first kappa shape index (κ1) is 11.6. The quantitative estimate of drug-likeness (QED) is 0.814. The van der Waals surface area contributed by atoms with Crippen molar-refractivity contribution in [3.05, 3.63) is 35.9 Å². The fourth-order valence-electron chi connectivity index (χ4n) is 2.46. The van der Waals surface area contributed by atoms with E-state index in [1.807, 2.05) is 6.07 Å². The van der Waals surface area contributed by atoms with Gasteiger partial charge in [0.1, 0.15) is 0 Å². The molecule has 0 aliphatic heterocycles. The van der Waals surface area contributed by atoms with Crippen LogP contribution in [0.3, 0.4) is 0 Å². The molecule has 1 aliphatic rings. The first-order valence-electron chi connectivity index (χ1n) is 6.27. The zero-order valence-corrected chi connectivity index (χ0v) is 9.73. The summed E-state index contributed by atoms with van der Waals surface area (Å²) < 4.78 is 0. The Labute approximate surface area is 97.7 Å². The minimum Gasteiger partial charge on any atom is -0.393 e. The van der Waals surface area contributed by atoms with E-state index in [9.17, 15) is 5.11 Å². The van der Waals surface area contributed by atoms with Gasteiger partial charge < -0.3 is 10.4 Å². The van der Waals surface area contributed by atoms with Crippen LogP contribution < -0.4 is 5.32 Å². The van der Waals surface area contributed by atoms with Gasteiger partial charge in [-0.25, -0.2) is 0 Å². The SMILES string of the molecule is OC1CCCC(CNCc2ccccc2)C1. The minimum atomic E-state index is -0.0581. The topological polar surface area (TPSA) is 32.3 Å². The number of aliphatic hydroxyl groups excluding tert-OH is 1. The Kier molecular flexibility index (Phi) is 4.37. The van der Waals surface area contributed by atoms with Crippen LogP contribution in [0.4, 0.5) is 0 Å². The van der Waals surface area contributed by atoms with E-state index in [1.165, 1.54) is 18.4 Å². The van der Waals surface area contributed by atoms with Crippen molar-refractivity contribution in [2.75, 3.05) is 6.54 Å². The van der Waals surface area contributed by atoms with Crippen molar-refractivity contribution >= 4 is 0 Å². The molecular weight excluding hydrogens is 198 g/mol. The molecule has 16 heavy (non-hydrogen) atoms. The summed E-state index contributed by atoms with van der Waals surface area (Å²) in [5, 5.41) is 13.0. The van der Waals surface area contributed by atoms with E-state index in [4.69, 9.17) is 0 Å². The standard InChI is InChI=1S/C14H21NO/c16-14-8-4-7-13(9-14)11-15-10-12-5-2-1-3-6-12/h1-3,5-6,13-16H,4,7-11H2. The lowest BCUT2D eigenvalue weighted by Crippen LogP contribution is -2.28. The van der Waals surface area contributed by atoms with Gasteiger partial charge in [-0.1, -0.05) is 36.8 Å². The Morgan fingerprint density at radius 2 is 2.00 bits per heavy atom. The van der Waals surface area contributed by atoms with Crippen molar-refractivity contribution in [1.82, 2.24) is 5.32 Å². The second kappa shape index (κ2) is 6.02. The first-order valence-corrected chi connectivity index (χ1v) is 6.27. The van der Waals surface area contributed by atoms with Crippen LogP contribution in [0.1, 0.15) is 31.2 Å². The molecule has 2 rings (SSSR count). The minimum absolute atomic E-state index is 0.0581. The molecule has 2 atom stereocenters. The molecule has 2 N–H and O–H groups in total. The van der Waals surface area contributed by atoms with Crippen LogP contribution in [0.25, 0.3) is 0 Å². The van der Waals surface area contributed by atoms with E-state index >= 15 is 0 Å². The van der Waals surface area contributed by atoms with Gasteiger partial charge in [-0.15, -0.1) is 0 Å². The molecule has 1 aliphatic carbocycles. The average molecular weight is 219 g/mol. The van der Waals surface area contributed by atoms with Gasteiger partial charge in [0.15, 0.2) is 0 Å². The summed E-state index contributed by atoms with van der Waals surface area (Å²) in [6, 6.07) is 10.5. The molecule has 1 saturated carbocycles. The molecule has 2 nitrogen and oxygen atoms in total. The van der Waals surface area contributed by atoms with Crippen LogP contribution in [0.5, 0.6) is 0 Å². The van der Waals surface area contributed by atoms with Gasteiger partial charge in [0.25, 0.3) is 0 Å². The van der Waals surface area contributed by atoms with E-state index in [1.54, 1.807) is 0 Å². The highest BCUT2D eigenvalue weighted by atomic mass is 16.3. The fourth-order valence-corrected chi connectivity index (χ4v) is 2.46. The third-order valence-corrected chi connectivity index (χ3v) is 3.36. The molecule has 0 radical (unpaired) electrons. The summed E-state index contributed by atoms with van der Waals surface area (Å²) in [6.07, 6.45) is 4.35. The molecular formula is C14H21NO.